The molecule has 0 fully saturated rings. The highest BCUT2D eigenvalue weighted by Gasteiger charge is 2.45. The van der Waals surface area contributed by atoms with E-state index < -0.39 is 17.8 Å². The van der Waals surface area contributed by atoms with Gasteiger partial charge in [0.1, 0.15) is 0 Å². The van der Waals surface area contributed by atoms with Gasteiger partial charge in [-0.25, -0.2) is 8.42 Å². The Kier molecular flexibility index (Phi) is 4.36. The number of rotatable bonds is 4. The number of hydrogen-bond acceptors (Lipinski definition) is 3. The molecule has 1 rings (SSSR count). The third kappa shape index (κ3) is 2.57. The summed E-state index contributed by atoms with van der Waals surface area (Å²) in [5, 5.41) is 0. The Morgan fingerprint density at radius 2 is 1.88 bits per heavy atom. The van der Waals surface area contributed by atoms with E-state index in [1.807, 2.05) is 0 Å². The first-order valence-electron chi connectivity index (χ1n) is 4.53. The van der Waals surface area contributed by atoms with Crippen LogP contribution in [0.2, 0.25) is 0 Å². The first-order valence-corrected chi connectivity index (χ1v) is 7.63. The van der Waals surface area contributed by atoms with Crippen molar-refractivity contribution in [3.8, 4) is 0 Å². The summed E-state index contributed by atoms with van der Waals surface area (Å²) in [7, 11) is -3.64. The lowest BCUT2D eigenvalue weighted by Gasteiger charge is -2.18. The van der Waals surface area contributed by atoms with Crippen molar-refractivity contribution in [1.82, 2.24) is 0 Å². The van der Waals surface area contributed by atoms with Crippen LogP contribution >= 0.6 is 34.2 Å². The monoisotopic (exact) mass is 372 g/mol. The second kappa shape index (κ2) is 5.01. The summed E-state index contributed by atoms with van der Waals surface area (Å²) in [4.78, 5) is 12.0. The van der Waals surface area contributed by atoms with E-state index in [1.165, 1.54) is 29.5 Å². The van der Waals surface area contributed by atoms with E-state index in [-0.39, 0.29) is 5.75 Å². The predicted molar refractivity (Wildman–Crippen MR) is 72.8 cm³/mol. The summed E-state index contributed by atoms with van der Waals surface area (Å²) in [5.41, 5.74) is 0.295. The average Bonchev–Trinajstić information content (AvgIpc) is 2.29. The van der Waals surface area contributed by atoms with E-state index >= 15 is 0 Å². The maximum atomic E-state index is 12.0. The molecule has 0 aliphatic rings. The van der Waals surface area contributed by atoms with E-state index in [2.05, 4.69) is 0 Å². The van der Waals surface area contributed by atoms with Crippen molar-refractivity contribution in [1.29, 1.82) is 0 Å². The molecule has 0 heterocycles. The van der Waals surface area contributed by atoms with Crippen LogP contribution in [-0.2, 0) is 9.84 Å². The number of carbonyl (C=O) groups is 1. The number of Topliss-reactive ketones (excluding diaryl/α,β-unsaturated/α-hetero) is 1. The Labute approximate surface area is 113 Å². The quantitative estimate of drug-likeness (QED) is 0.464. The predicted octanol–water partition coefficient (Wildman–Crippen LogP) is 2.63. The van der Waals surface area contributed by atoms with E-state index in [0.29, 0.717) is 5.56 Å². The van der Waals surface area contributed by atoms with Crippen LogP contribution in [0, 0.1) is 0 Å². The van der Waals surface area contributed by atoms with Gasteiger partial charge in [0.05, 0.1) is 5.75 Å². The zero-order chi connectivity index (χ0) is 12.4. The molecule has 0 aromatic heterocycles. The number of carbonyl (C=O) groups excluding carboxylic acids is 1. The molecule has 1 aromatic carbocycles. The number of alkyl halides is 2. The molecule has 0 aliphatic heterocycles. The minimum atomic E-state index is -3.64. The minimum absolute atomic E-state index is 0.169. The largest absolute Gasteiger partial charge is 0.290 e. The molecule has 0 aliphatic carbocycles. The molecule has 88 valence electrons. The summed E-state index contributed by atoms with van der Waals surface area (Å²) in [6, 6.07) is 8.16. The van der Waals surface area contributed by atoms with Gasteiger partial charge in [0.2, 0.25) is 5.78 Å². The second-order valence-electron chi connectivity index (χ2n) is 3.12. The van der Waals surface area contributed by atoms with E-state index in [9.17, 15) is 13.2 Å². The molecular weight excluding hydrogens is 363 g/mol. The van der Waals surface area contributed by atoms with Crippen LogP contribution in [0.1, 0.15) is 17.3 Å². The van der Waals surface area contributed by atoms with Crippen molar-refractivity contribution < 1.29 is 13.2 Å². The lowest BCUT2D eigenvalue weighted by atomic mass is 10.1. The van der Waals surface area contributed by atoms with Crippen molar-refractivity contribution in [2.45, 2.75) is 9.14 Å². The number of hydrogen-bond donors (Lipinski definition) is 0. The maximum absolute atomic E-state index is 12.0. The zero-order valence-corrected chi connectivity index (χ0v) is 12.2. The topological polar surface area (TPSA) is 51.2 Å². The molecule has 0 saturated heterocycles. The molecule has 6 heteroatoms. The Bertz CT molecular complexity index is 482. The molecule has 0 saturated carbocycles. The lowest BCUT2D eigenvalue weighted by molar-refractivity contribution is 0.100. The van der Waals surface area contributed by atoms with Crippen LogP contribution in [0.3, 0.4) is 0 Å². The number of sulfone groups is 1. The Balaban J connectivity index is 3.17. The standard InChI is InChI=1S/C10H10ClIO3S/c1-2-16(14,15)10(11,12)9(13)8-6-4-3-5-7-8/h3-7H,2H2,1H3. The summed E-state index contributed by atoms with van der Waals surface area (Å²) in [5.74, 6) is -0.768. The van der Waals surface area contributed by atoms with Crippen LogP contribution in [0.4, 0.5) is 0 Å². The van der Waals surface area contributed by atoms with E-state index in [0.717, 1.165) is 0 Å². The van der Waals surface area contributed by atoms with Crippen molar-refractivity contribution >= 4 is 49.8 Å². The maximum Gasteiger partial charge on any atom is 0.257 e. The normalized spacial score (nSPS) is 15.4. The van der Waals surface area contributed by atoms with Crippen LogP contribution in [0.15, 0.2) is 30.3 Å². The molecule has 1 aromatic rings. The average molecular weight is 373 g/mol. The van der Waals surface area contributed by atoms with Gasteiger partial charge in [-0.2, -0.15) is 0 Å². The van der Waals surface area contributed by atoms with Crippen LogP contribution in [-0.4, -0.2) is 22.2 Å². The lowest BCUT2D eigenvalue weighted by Crippen LogP contribution is -2.36. The smallest absolute Gasteiger partial charge is 0.257 e. The van der Waals surface area contributed by atoms with Crippen molar-refractivity contribution in [2.75, 3.05) is 5.75 Å². The van der Waals surface area contributed by atoms with Crippen LogP contribution in [0.5, 0.6) is 0 Å². The third-order valence-corrected chi connectivity index (χ3v) is 7.18. The van der Waals surface area contributed by atoms with E-state index in [4.69, 9.17) is 11.6 Å². The van der Waals surface area contributed by atoms with Crippen molar-refractivity contribution in [3.63, 3.8) is 0 Å². The zero-order valence-electron chi connectivity index (χ0n) is 8.48. The summed E-state index contributed by atoms with van der Waals surface area (Å²) in [6.45, 7) is 1.46. The highest BCUT2D eigenvalue weighted by molar-refractivity contribution is 14.1. The first kappa shape index (κ1) is 13.9. The Morgan fingerprint density at radius 1 is 1.38 bits per heavy atom. The molecule has 0 bridgehead atoms. The number of benzene rings is 1. The van der Waals surface area contributed by atoms with E-state index in [1.54, 1.807) is 30.3 Å². The molecule has 3 nitrogen and oxygen atoms in total. The number of ketones is 1. The van der Waals surface area contributed by atoms with Crippen LogP contribution in [0.25, 0.3) is 0 Å². The SMILES string of the molecule is CCS(=O)(=O)C(Cl)(I)C(=O)c1ccccc1. The fourth-order valence-electron chi connectivity index (χ4n) is 1.08. The molecular formula is C10H10ClIO3S. The van der Waals surface area contributed by atoms with Gasteiger partial charge < -0.3 is 0 Å². The van der Waals surface area contributed by atoms with Gasteiger partial charge in [-0.05, 0) is 22.6 Å². The van der Waals surface area contributed by atoms with Crippen molar-refractivity contribution in [3.05, 3.63) is 35.9 Å². The molecule has 1 atom stereocenters. The van der Waals surface area contributed by atoms with Crippen molar-refractivity contribution in [2.24, 2.45) is 0 Å². The summed E-state index contributed by atoms with van der Waals surface area (Å²) in [6.07, 6.45) is 0. The van der Waals surface area contributed by atoms with Gasteiger partial charge in [-0.1, -0.05) is 48.9 Å². The second-order valence-corrected chi connectivity index (χ2v) is 9.31. The summed E-state index contributed by atoms with van der Waals surface area (Å²) < 4.78 is 21.4. The minimum Gasteiger partial charge on any atom is -0.290 e. The first-order chi connectivity index (χ1) is 7.33. The Morgan fingerprint density at radius 3 is 2.31 bits per heavy atom. The fraction of sp³-hybridized carbons (Fsp3) is 0.300. The van der Waals surface area contributed by atoms with Crippen LogP contribution < -0.4 is 0 Å². The molecule has 1 unspecified atom stereocenters. The Hall–Kier alpha value is -0.140. The highest BCUT2D eigenvalue weighted by Crippen LogP contribution is 2.35. The van der Waals surface area contributed by atoms with Gasteiger partial charge in [0, 0.05) is 5.56 Å². The molecule has 0 amide bonds. The van der Waals surface area contributed by atoms with Gasteiger partial charge in [-0.15, -0.1) is 0 Å². The van der Waals surface area contributed by atoms with Gasteiger partial charge in [-0.3, -0.25) is 4.79 Å². The van der Waals surface area contributed by atoms with Gasteiger partial charge in [0.25, 0.3) is 2.21 Å². The third-order valence-electron chi connectivity index (χ3n) is 2.07. The molecule has 0 N–H and O–H groups in total. The van der Waals surface area contributed by atoms with Gasteiger partial charge >= 0.3 is 0 Å². The van der Waals surface area contributed by atoms with Gasteiger partial charge in [0.15, 0.2) is 9.84 Å². The molecule has 16 heavy (non-hydrogen) atoms. The summed E-state index contributed by atoms with van der Waals surface area (Å²) >= 11 is 7.34. The highest BCUT2D eigenvalue weighted by atomic mass is 127. The molecule has 0 radical (unpaired) electrons. The fourth-order valence-corrected chi connectivity index (χ4v) is 3.53. The number of halogens is 2. The molecule has 0 spiro atoms.